The van der Waals surface area contributed by atoms with E-state index < -0.39 is 45.6 Å². The van der Waals surface area contributed by atoms with Gasteiger partial charge in [-0.15, -0.1) is 6.58 Å². The Hall–Kier alpha value is -6.29. The fraction of sp³-hybridized carbons (Fsp3) is 0.162. The lowest BCUT2D eigenvalue weighted by atomic mass is 9.89. The van der Waals surface area contributed by atoms with Crippen LogP contribution in [-0.4, -0.2) is 42.2 Å². The van der Waals surface area contributed by atoms with Gasteiger partial charge in [0.1, 0.15) is 0 Å². The standard InChI is InChI=1S/C20H17F3N2O3.C17H11F3N2O3/c1-2-10-19(26,20(21,22)23)17-13-24(12-14-6-4-3-5-7-14)18-11-15(25(27)28)8-9-16(17)18;18-17(19,20)16(23)14-10-21(9-11-4-2-1-3-5-11)15-8-12(22(24)25)6-7-13(14)15/h2-9,11,13,26H,1,10,12H2;1-8,10H,9H2. The summed E-state index contributed by atoms with van der Waals surface area (Å²) in [5.74, 6) is -1.97. The van der Waals surface area contributed by atoms with E-state index >= 15 is 0 Å². The molecule has 1 N–H and O–H groups in total. The van der Waals surface area contributed by atoms with E-state index in [0.717, 1.165) is 35.5 Å². The van der Waals surface area contributed by atoms with Gasteiger partial charge in [0, 0.05) is 72.5 Å². The topological polar surface area (TPSA) is 133 Å². The lowest BCUT2D eigenvalue weighted by Gasteiger charge is -2.29. The number of benzene rings is 4. The average Bonchev–Trinajstić information content (AvgIpc) is 3.65. The van der Waals surface area contributed by atoms with Gasteiger partial charge < -0.3 is 14.2 Å². The zero-order valence-corrected chi connectivity index (χ0v) is 27.3. The smallest absolute Gasteiger partial charge is 0.376 e. The van der Waals surface area contributed by atoms with Crippen molar-refractivity contribution in [1.82, 2.24) is 9.13 Å². The number of ketones is 1. The number of aliphatic hydroxyl groups is 1. The number of nitro benzene ring substituents is 2. The van der Waals surface area contributed by atoms with Crippen LogP contribution < -0.4 is 0 Å². The quantitative estimate of drug-likeness (QED) is 0.0490. The van der Waals surface area contributed by atoms with E-state index in [-0.39, 0.29) is 51.8 Å². The molecule has 6 rings (SSSR count). The molecule has 0 bridgehead atoms. The van der Waals surface area contributed by atoms with Gasteiger partial charge in [-0.05, 0) is 23.3 Å². The Morgan fingerprint density at radius 1 is 0.717 bits per heavy atom. The number of carbonyl (C=O) groups excluding carboxylic acids is 1. The van der Waals surface area contributed by atoms with E-state index in [1.54, 1.807) is 60.7 Å². The first-order chi connectivity index (χ1) is 24.9. The van der Waals surface area contributed by atoms with Crippen LogP contribution >= 0.6 is 0 Å². The number of nitro groups is 2. The van der Waals surface area contributed by atoms with Gasteiger partial charge in [0.15, 0.2) is 5.60 Å². The molecule has 0 saturated heterocycles. The number of aromatic nitrogens is 2. The molecule has 0 amide bonds. The molecule has 1 unspecified atom stereocenters. The molecule has 6 aromatic rings. The minimum atomic E-state index is -5.02. The van der Waals surface area contributed by atoms with E-state index in [2.05, 4.69) is 6.58 Å². The molecule has 1 atom stereocenters. The summed E-state index contributed by atoms with van der Waals surface area (Å²) in [5, 5.41) is 32.8. The highest BCUT2D eigenvalue weighted by Gasteiger charge is 2.55. The van der Waals surface area contributed by atoms with Crippen LogP contribution in [0.3, 0.4) is 0 Å². The molecule has 16 heteroatoms. The molecule has 0 aliphatic rings. The molecule has 0 radical (unpaired) electrons. The Labute approximate surface area is 296 Å². The fourth-order valence-electron chi connectivity index (χ4n) is 5.86. The summed E-state index contributed by atoms with van der Waals surface area (Å²) in [5.41, 5.74) is -2.50. The van der Waals surface area contributed by atoms with Crippen molar-refractivity contribution in [3.63, 3.8) is 0 Å². The maximum Gasteiger partial charge on any atom is 0.454 e. The van der Waals surface area contributed by atoms with Crippen LogP contribution in [0.1, 0.15) is 33.5 Å². The van der Waals surface area contributed by atoms with Crippen LogP contribution in [-0.2, 0) is 18.7 Å². The van der Waals surface area contributed by atoms with E-state index in [4.69, 9.17) is 0 Å². The Balaban J connectivity index is 0.000000206. The molecule has 2 heterocycles. The molecule has 0 aliphatic heterocycles. The van der Waals surface area contributed by atoms with E-state index in [0.29, 0.717) is 0 Å². The van der Waals surface area contributed by atoms with Gasteiger partial charge in [-0.1, -0.05) is 66.7 Å². The van der Waals surface area contributed by atoms with E-state index in [1.165, 1.54) is 39.6 Å². The average molecular weight is 739 g/mol. The Kier molecular flexibility index (Phi) is 10.6. The third-order valence-electron chi connectivity index (χ3n) is 8.40. The first-order valence-electron chi connectivity index (χ1n) is 15.6. The number of nitrogens with zero attached hydrogens (tertiary/aromatic N) is 4. The Morgan fingerprint density at radius 3 is 1.60 bits per heavy atom. The summed E-state index contributed by atoms with van der Waals surface area (Å²) in [6, 6.07) is 24.9. The van der Waals surface area contributed by atoms with Crippen molar-refractivity contribution >= 4 is 39.0 Å². The van der Waals surface area contributed by atoms with Crippen molar-refractivity contribution in [3.8, 4) is 0 Å². The number of alkyl halides is 6. The molecule has 0 spiro atoms. The van der Waals surface area contributed by atoms with Crippen LogP contribution in [0.15, 0.2) is 122 Å². The second-order valence-corrected chi connectivity index (χ2v) is 11.9. The monoisotopic (exact) mass is 738 g/mol. The summed E-state index contributed by atoms with van der Waals surface area (Å²) in [4.78, 5) is 32.5. The number of rotatable bonds is 10. The molecule has 0 fully saturated rings. The first-order valence-corrected chi connectivity index (χ1v) is 15.6. The number of hydrogen-bond acceptors (Lipinski definition) is 6. The zero-order valence-electron chi connectivity index (χ0n) is 27.3. The molecule has 10 nitrogen and oxygen atoms in total. The summed E-state index contributed by atoms with van der Waals surface area (Å²) < 4.78 is 82.6. The SMILES string of the molecule is C=CCC(O)(c1cn(Cc2ccccc2)c2cc([N+](=O)[O-])ccc12)C(F)(F)F.O=C(c1cn(Cc2ccccc2)c2cc([N+](=O)[O-])ccc12)C(F)(F)F. The second-order valence-electron chi connectivity index (χ2n) is 11.9. The summed E-state index contributed by atoms with van der Waals surface area (Å²) in [7, 11) is 0. The lowest BCUT2D eigenvalue weighted by molar-refractivity contribution is -0.384. The Bertz CT molecular complexity index is 2320. The first kappa shape index (κ1) is 38.0. The van der Waals surface area contributed by atoms with Gasteiger partial charge in [-0.2, -0.15) is 26.3 Å². The van der Waals surface area contributed by atoms with E-state index in [9.17, 15) is 56.5 Å². The number of hydrogen-bond donors (Lipinski definition) is 1. The number of fused-ring (bicyclic) bond motifs is 2. The number of non-ortho nitro benzene ring substituents is 2. The third kappa shape index (κ3) is 7.97. The molecule has 274 valence electrons. The number of Topliss-reactive ketones (excluding diaryl/α,β-unsaturated/α-hetero) is 1. The van der Waals surface area contributed by atoms with Crippen molar-refractivity contribution in [2.45, 2.75) is 37.5 Å². The molecule has 53 heavy (non-hydrogen) atoms. The van der Waals surface area contributed by atoms with Gasteiger partial charge in [-0.3, -0.25) is 25.0 Å². The Morgan fingerprint density at radius 2 is 1.17 bits per heavy atom. The predicted octanol–water partition coefficient (Wildman–Crippen LogP) is 9.27. The highest BCUT2D eigenvalue weighted by atomic mass is 19.4. The minimum absolute atomic E-state index is 0.0313. The minimum Gasteiger partial charge on any atom is -0.376 e. The summed E-state index contributed by atoms with van der Waals surface area (Å²) in [6.45, 7) is 3.70. The number of halogens is 6. The second kappa shape index (κ2) is 14.7. The maximum absolute atomic E-state index is 13.7. The zero-order chi connectivity index (χ0) is 38.7. The summed E-state index contributed by atoms with van der Waals surface area (Å²) >= 11 is 0. The van der Waals surface area contributed by atoms with Gasteiger partial charge in [0.25, 0.3) is 17.2 Å². The molecular weight excluding hydrogens is 710 g/mol. The van der Waals surface area contributed by atoms with Gasteiger partial charge in [0.2, 0.25) is 0 Å². The van der Waals surface area contributed by atoms with Crippen molar-refractivity contribution in [3.05, 3.63) is 165 Å². The number of carbonyl (C=O) groups is 1. The fourth-order valence-corrected chi connectivity index (χ4v) is 5.86. The lowest BCUT2D eigenvalue weighted by Crippen LogP contribution is -2.41. The van der Waals surface area contributed by atoms with Crippen LogP contribution in [0, 0.1) is 20.2 Å². The van der Waals surface area contributed by atoms with Crippen molar-refractivity contribution in [2.24, 2.45) is 0 Å². The van der Waals surface area contributed by atoms with Gasteiger partial charge in [0.05, 0.1) is 26.4 Å². The van der Waals surface area contributed by atoms with Crippen molar-refractivity contribution < 1.29 is 46.1 Å². The maximum atomic E-state index is 13.7. The van der Waals surface area contributed by atoms with Crippen LogP contribution in [0.4, 0.5) is 37.7 Å². The van der Waals surface area contributed by atoms with Crippen molar-refractivity contribution in [1.29, 1.82) is 0 Å². The molecule has 4 aromatic carbocycles. The van der Waals surface area contributed by atoms with Gasteiger partial charge in [-0.25, -0.2) is 0 Å². The molecule has 0 saturated carbocycles. The highest BCUT2D eigenvalue weighted by Crippen LogP contribution is 2.45. The molecule has 0 aliphatic carbocycles. The van der Waals surface area contributed by atoms with E-state index in [1.807, 2.05) is 0 Å². The van der Waals surface area contributed by atoms with Gasteiger partial charge >= 0.3 is 12.4 Å². The highest BCUT2D eigenvalue weighted by molar-refractivity contribution is 6.11. The molecule has 2 aromatic heterocycles. The van der Waals surface area contributed by atoms with Crippen LogP contribution in [0.2, 0.25) is 0 Å². The molecular formula is C37H28F6N4O6. The summed E-state index contributed by atoms with van der Waals surface area (Å²) in [6.07, 6.45) is -7.41. The van der Waals surface area contributed by atoms with Crippen LogP contribution in [0.5, 0.6) is 0 Å². The van der Waals surface area contributed by atoms with Crippen LogP contribution in [0.25, 0.3) is 21.8 Å². The third-order valence-corrected chi connectivity index (χ3v) is 8.40. The largest absolute Gasteiger partial charge is 0.454 e. The predicted molar refractivity (Wildman–Crippen MR) is 183 cm³/mol. The normalized spacial score (nSPS) is 12.9. The van der Waals surface area contributed by atoms with Crippen molar-refractivity contribution in [2.75, 3.05) is 0 Å².